The summed E-state index contributed by atoms with van der Waals surface area (Å²) < 4.78 is 0. The minimum Gasteiger partial charge on any atom is -0.479 e. The van der Waals surface area contributed by atoms with Crippen LogP contribution in [0.5, 0.6) is 0 Å². The Labute approximate surface area is 95.5 Å². The Hall–Kier alpha value is -0.650. The molecule has 1 aliphatic rings. The lowest BCUT2D eigenvalue weighted by atomic mass is 9.70. The highest BCUT2D eigenvalue weighted by atomic mass is 16.4. The fourth-order valence-electron chi connectivity index (χ4n) is 3.02. The predicted octanol–water partition coefficient (Wildman–Crippen LogP) is 0.104. The highest BCUT2D eigenvalue weighted by Crippen LogP contribution is 2.37. The molecule has 1 saturated heterocycles. The van der Waals surface area contributed by atoms with Crippen LogP contribution >= 0.6 is 0 Å². The Balaban J connectivity index is 3.00. The third-order valence-corrected chi connectivity index (χ3v) is 2.92. The van der Waals surface area contributed by atoms with Crippen molar-refractivity contribution in [2.45, 2.75) is 63.3 Å². The molecule has 1 rings (SSSR count). The molecule has 94 valence electrons. The molecule has 0 spiro atoms. The smallest absolute Gasteiger partial charge is 0.335 e. The number of piperidine rings is 1. The second kappa shape index (κ2) is 3.68. The summed E-state index contributed by atoms with van der Waals surface area (Å²) in [4.78, 5) is 10.8. The van der Waals surface area contributed by atoms with Crippen molar-refractivity contribution in [2.24, 2.45) is 0 Å². The average Bonchev–Trinajstić information content (AvgIpc) is 1.95. The molecule has 1 aliphatic heterocycles. The van der Waals surface area contributed by atoms with Crippen molar-refractivity contribution in [1.29, 1.82) is 0 Å². The van der Waals surface area contributed by atoms with Gasteiger partial charge in [-0.05, 0) is 40.5 Å². The van der Waals surface area contributed by atoms with E-state index in [4.69, 9.17) is 5.11 Å². The molecule has 0 saturated carbocycles. The van der Waals surface area contributed by atoms with E-state index >= 15 is 0 Å². The normalized spacial score (nSPS) is 28.4. The average molecular weight is 231 g/mol. The van der Waals surface area contributed by atoms with Crippen molar-refractivity contribution in [3.63, 3.8) is 0 Å². The summed E-state index contributed by atoms with van der Waals surface area (Å²) in [5.74, 6) is -1.38. The largest absolute Gasteiger partial charge is 0.479 e. The van der Waals surface area contributed by atoms with E-state index in [2.05, 4.69) is 5.32 Å². The van der Waals surface area contributed by atoms with Gasteiger partial charge in [0.2, 0.25) is 0 Å². The molecule has 1 fully saturated rings. The van der Waals surface area contributed by atoms with Gasteiger partial charge in [0.1, 0.15) is 5.60 Å². The summed E-state index contributed by atoms with van der Waals surface area (Å²) in [6.45, 7) is 7.53. The Morgan fingerprint density at radius 3 is 1.88 bits per heavy atom. The minimum atomic E-state index is -1.74. The molecule has 0 aromatic rings. The number of aliphatic hydroxyl groups is 2. The number of carboxylic acids is 1. The molecule has 5 nitrogen and oxygen atoms in total. The molecule has 0 radical (unpaired) electrons. The van der Waals surface area contributed by atoms with Crippen LogP contribution in [0.3, 0.4) is 0 Å². The molecule has 5 heteroatoms. The molecule has 4 N–H and O–H groups in total. The Morgan fingerprint density at radius 2 is 1.56 bits per heavy atom. The first-order valence-electron chi connectivity index (χ1n) is 5.40. The van der Waals surface area contributed by atoms with Gasteiger partial charge in [-0.25, -0.2) is 4.79 Å². The molecule has 1 atom stereocenters. The summed E-state index contributed by atoms with van der Waals surface area (Å²) in [5, 5.41) is 32.0. The lowest BCUT2D eigenvalue weighted by Crippen LogP contribution is -2.67. The third-order valence-electron chi connectivity index (χ3n) is 2.92. The van der Waals surface area contributed by atoms with Crippen LogP contribution in [0, 0.1) is 0 Å². The fourth-order valence-corrected chi connectivity index (χ4v) is 3.02. The number of aliphatic hydroxyl groups excluding tert-OH is 1. The quantitative estimate of drug-likeness (QED) is 0.541. The second-order valence-corrected chi connectivity index (χ2v) is 6.09. The van der Waals surface area contributed by atoms with E-state index in [1.54, 1.807) is 0 Å². The van der Waals surface area contributed by atoms with E-state index in [1.165, 1.54) is 0 Å². The first-order chi connectivity index (χ1) is 6.98. The van der Waals surface area contributed by atoms with E-state index in [0.717, 1.165) is 0 Å². The number of nitrogens with one attached hydrogen (secondary N) is 1. The zero-order valence-corrected chi connectivity index (χ0v) is 10.2. The van der Waals surface area contributed by atoms with Gasteiger partial charge in [0.15, 0.2) is 6.10 Å². The van der Waals surface area contributed by atoms with Crippen molar-refractivity contribution in [2.75, 3.05) is 0 Å². The molecule has 1 heterocycles. The zero-order chi connectivity index (χ0) is 12.8. The molecule has 0 bridgehead atoms. The maximum atomic E-state index is 10.8. The number of rotatable bonds is 2. The Bertz CT molecular complexity index is 282. The van der Waals surface area contributed by atoms with Crippen molar-refractivity contribution in [1.82, 2.24) is 5.32 Å². The summed E-state index contributed by atoms with van der Waals surface area (Å²) in [6.07, 6.45) is -1.33. The highest BCUT2D eigenvalue weighted by Gasteiger charge is 2.52. The number of carbonyl (C=O) groups is 1. The van der Waals surface area contributed by atoms with Crippen molar-refractivity contribution >= 4 is 5.97 Å². The topological polar surface area (TPSA) is 89.8 Å². The van der Waals surface area contributed by atoms with Crippen molar-refractivity contribution in [3.05, 3.63) is 0 Å². The van der Waals surface area contributed by atoms with Gasteiger partial charge in [-0.1, -0.05) is 0 Å². The van der Waals surface area contributed by atoms with Gasteiger partial charge in [0, 0.05) is 11.1 Å². The fraction of sp³-hybridized carbons (Fsp3) is 0.909. The molecule has 0 aromatic carbocycles. The standard InChI is InChI=1S/C11H21NO4/c1-9(2)5-11(16,7(13)8(14)15)6-10(3,4)12-9/h7,12-13,16H,5-6H2,1-4H3,(H,14,15). The molecule has 0 aliphatic carbocycles. The number of carboxylic acid groups (broad SMARTS) is 1. The van der Waals surface area contributed by atoms with Crippen LogP contribution in [-0.2, 0) is 4.79 Å². The number of hydrogen-bond donors (Lipinski definition) is 4. The SMILES string of the molecule is CC1(C)CC(O)(C(O)C(=O)O)CC(C)(C)N1. The maximum absolute atomic E-state index is 10.8. The lowest BCUT2D eigenvalue weighted by molar-refractivity contribution is -0.175. The van der Waals surface area contributed by atoms with Crippen LogP contribution in [0.25, 0.3) is 0 Å². The van der Waals surface area contributed by atoms with Crippen molar-refractivity contribution in [3.8, 4) is 0 Å². The summed E-state index contributed by atoms with van der Waals surface area (Å²) in [5.41, 5.74) is -2.40. The maximum Gasteiger partial charge on any atom is 0.335 e. The van der Waals surface area contributed by atoms with Crippen LogP contribution in [0.2, 0.25) is 0 Å². The van der Waals surface area contributed by atoms with E-state index in [0.29, 0.717) is 0 Å². The second-order valence-electron chi connectivity index (χ2n) is 6.09. The van der Waals surface area contributed by atoms with Crippen LogP contribution in [-0.4, -0.2) is 44.1 Å². The summed E-state index contributed by atoms with van der Waals surface area (Å²) >= 11 is 0. The minimum absolute atomic E-state index is 0.205. The molecule has 16 heavy (non-hydrogen) atoms. The number of hydrogen-bond acceptors (Lipinski definition) is 4. The van der Waals surface area contributed by atoms with E-state index < -0.39 is 28.8 Å². The van der Waals surface area contributed by atoms with Crippen LogP contribution in [0.1, 0.15) is 40.5 Å². The number of aliphatic carboxylic acids is 1. The zero-order valence-electron chi connectivity index (χ0n) is 10.2. The van der Waals surface area contributed by atoms with E-state index in [-0.39, 0.29) is 12.8 Å². The van der Waals surface area contributed by atoms with Gasteiger partial charge < -0.3 is 20.6 Å². The predicted molar refractivity (Wildman–Crippen MR) is 59.1 cm³/mol. The van der Waals surface area contributed by atoms with Gasteiger partial charge in [0.25, 0.3) is 0 Å². The summed E-state index contributed by atoms with van der Waals surface area (Å²) in [7, 11) is 0. The lowest BCUT2D eigenvalue weighted by Gasteiger charge is -2.51. The molecular formula is C11H21NO4. The van der Waals surface area contributed by atoms with Crippen molar-refractivity contribution < 1.29 is 20.1 Å². The van der Waals surface area contributed by atoms with E-state index in [9.17, 15) is 15.0 Å². The first-order valence-corrected chi connectivity index (χ1v) is 5.40. The van der Waals surface area contributed by atoms with Gasteiger partial charge in [-0.2, -0.15) is 0 Å². The molecule has 0 aromatic heterocycles. The van der Waals surface area contributed by atoms with Gasteiger partial charge in [-0.15, -0.1) is 0 Å². The monoisotopic (exact) mass is 231 g/mol. The van der Waals surface area contributed by atoms with Gasteiger partial charge in [-0.3, -0.25) is 0 Å². The first kappa shape index (κ1) is 13.4. The van der Waals surface area contributed by atoms with Gasteiger partial charge >= 0.3 is 5.97 Å². The molecule has 0 amide bonds. The Kier molecular flexibility index (Phi) is 3.09. The molecule has 1 unspecified atom stereocenters. The summed E-state index contributed by atoms with van der Waals surface area (Å²) in [6, 6.07) is 0. The molecular weight excluding hydrogens is 210 g/mol. The Morgan fingerprint density at radius 1 is 1.19 bits per heavy atom. The van der Waals surface area contributed by atoms with Crippen LogP contribution in [0.4, 0.5) is 0 Å². The van der Waals surface area contributed by atoms with Crippen LogP contribution in [0.15, 0.2) is 0 Å². The van der Waals surface area contributed by atoms with E-state index in [1.807, 2.05) is 27.7 Å². The van der Waals surface area contributed by atoms with Gasteiger partial charge in [0.05, 0.1) is 0 Å². The van der Waals surface area contributed by atoms with Crippen LogP contribution < -0.4 is 5.32 Å². The highest BCUT2D eigenvalue weighted by molar-refractivity contribution is 5.73. The third kappa shape index (κ3) is 2.72.